The lowest BCUT2D eigenvalue weighted by molar-refractivity contribution is 0.471. The molecule has 0 heterocycles. The fourth-order valence-electron chi connectivity index (χ4n) is 1.59. The predicted octanol–water partition coefficient (Wildman–Crippen LogP) is 2.10. The second-order valence-corrected chi connectivity index (χ2v) is 5.06. The van der Waals surface area contributed by atoms with E-state index in [0.717, 1.165) is 11.6 Å². The highest BCUT2D eigenvalue weighted by Crippen LogP contribution is 2.29. The Morgan fingerprint density at radius 2 is 1.81 bits per heavy atom. The average molecular weight is 238 g/mol. The number of hydrogen-bond acceptors (Lipinski definition) is 3. The zero-order valence-electron chi connectivity index (χ0n) is 8.51. The van der Waals surface area contributed by atoms with Crippen LogP contribution in [0.15, 0.2) is 35.2 Å². The Hall–Kier alpha value is -1.59. The van der Waals surface area contributed by atoms with Gasteiger partial charge >= 0.3 is 0 Å². The molecule has 0 spiro atoms. The maximum absolute atomic E-state index is 11.0. The molecule has 0 saturated heterocycles. The Morgan fingerprint density at radius 1 is 1.12 bits per heavy atom. The molecule has 16 heavy (non-hydrogen) atoms. The second kappa shape index (κ2) is 3.47. The van der Waals surface area contributed by atoms with Crippen LogP contribution in [0.4, 0.5) is 0 Å². The molecule has 0 aromatic heterocycles. The largest absolute Gasteiger partial charge is 0.507 e. The molecule has 0 unspecified atom stereocenters. The molecule has 0 aliphatic rings. The van der Waals surface area contributed by atoms with Gasteiger partial charge in [0.05, 0.1) is 4.90 Å². The van der Waals surface area contributed by atoms with Crippen molar-refractivity contribution in [3.63, 3.8) is 0 Å². The number of aryl methyl sites for hydroxylation is 1. The Kier molecular flexibility index (Phi) is 2.36. The number of aromatic hydroxyl groups is 1. The fraction of sp³-hybridized carbons (Fsp3) is 0.0909. The normalized spacial score (nSPS) is 11.9. The van der Waals surface area contributed by atoms with E-state index in [4.69, 9.17) is 4.55 Å². The van der Waals surface area contributed by atoms with Crippen molar-refractivity contribution in [3.05, 3.63) is 35.9 Å². The molecule has 4 nitrogen and oxygen atoms in total. The van der Waals surface area contributed by atoms with Crippen LogP contribution in [0.3, 0.4) is 0 Å². The Morgan fingerprint density at radius 3 is 2.44 bits per heavy atom. The molecule has 0 radical (unpaired) electrons. The summed E-state index contributed by atoms with van der Waals surface area (Å²) in [6.45, 7) is 1.86. The Labute approximate surface area is 92.9 Å². The molecular formula is C11H10O4S. The second-order valence-electron chi connectivity index (χ2n) is 3.64. The summed E-state index contributed by atoms with van der Waals surface area (Å²) in [6.07, 6.45) is 0. The van der Waals surface area contributed by atoms with Crippen LogP contribution < -0.4 is 0 Å². The van der Waals surface area contributed by atoms with E-state index in [0.29, 0.717) is 10.8 Å². The van der Waals surface area contributed by atoms with Gasteiger partial charge in [0.2, 0.25) is 0 Å². The highest BCUT2D eigenvalue weighted by atomic mass is 32.2. The van der Waals surface area contributed by atoms with Gasteiger partial charge in [-0.15, -0.1) is 0 Å². The summed E-state index contributed by atoms with van der Waals surface area (Å²) in [4.78, 5) is -0.303. The van der Waals surface area contributed by atoms with Crippen molar-refractivity contribution in [1.82, 2.24) is 0 Å². The molecule has 0 atom stereocenters. The zero-order valence-corrected chi connectivity index (χ0v) is 9.32. The third-order valence-electron chi connectivity index (χ3n) is 2.36. The summed E-state index contributed by atoms with van der Waals surface area (Å²) >= 11 is 0. The van der Waals surface area contributed by atoms with Crippen LogP contribution in [0.2, 0.25) is 0 Å². The van der Waals surface area contributed by atoms with Gasteiger partial charge in [-0.05, 0) is 18.4 Å². The maximum atomic E-state index is 11.0. The lowest BCUT2D eigenvalue weighted by Crippen LogP contribution is -1.97. The van der Waals surface area contributed by atoms with Crippen LogP contribution in [-0.4, -0.2) is 18.1 Å². The SMILES string of the molecule is Cc1ccc2c(O)cc(S(=O)(=O)O)cc2c1. The van der Waals surface area contributed by atoms with E-state index in [1.807, 2.05) is 13.0 Å². The monoisotopic (exact) mass is 238 g/mol. The molecule has 2 rings (SSSR count). The number of phenolic OH excluding ortho intramolecular Hbond substituents is 1. The lowest BCUT2D eigenvalue weighted by atomic mass is 10.1. The third kappa shape index (κ3) is 1.87. The van der Waals surface area contributed by atoms with E-state index < -0.39 is 10.1 Å². The van der Waals surface area contributed by atoms with Gasteiger partial charge in [-0.3, -0.25) is 4.55 Å². The summed E-state index contributed by atoms with van der Waals surface area (Å²) < 4.78 is 30.8. The summed E-state index contributed by atoms with van der Waals surface area (Å²) in [5.74, 6) is -0.162. The van der Waals surface area contributed by atoms with E-state index >= 15 is 0 Å². The van der Waals surface area contributed by atoms with Crippen molar-refractivity contribution >= 4 is 20.9 Å². The molecule has 0 amide bonds. The van der Waals surface area contributed by atoms with Crippen LogP contribution in [0, 0.1) is 6.92 Å². The van der Waals surface area contributed by atoms with Gasteiger partial charge in [0.25, 0.3) is 10.1 Å². The molecule has 0 bridgehead atoms. The van der Waals surface area contributed by atoms with Gasteiger partial charge in [0.15, 0.2) is 0 Å². The molecule has 84 valence electrons. The minimum atomic E-state index is -4.29. The molecule has 2 N–H and O–H groups in total. The van der Waals surface area contributed by atoms with Gasteiger partial charge in [-0.25, -0.2) is 0 Å². The highest BCUT2D eigenvalue weighted by molar-refractivity contribution is 7.85. The molecule has 2 aromatic rings. The standard InChI is InChI=1S/C11H10O4S/c1-7-2-3-10-8(4-7)5-9(6-11(10)12)16(13,14)15/h2-6,12H,1H3,(H,13,14,15). The number of hydrogen-bond donors (Lipinski definition) is 2. The van der Waals surface area contributed by atoms with E-state index in [1.54, 1.807) is 12.1 Å². The van der Waals surface area contributed by atoms with Crippen molar-refractivity contribution in [2.45, 2.75) is 11.8 Å². The third-order valence-corrected chi connectivity index (χ3v) is 3.19. The molecule has 0 aliphatic heterocycles. The van der Waals surface area contributed by atoms with Crippen molar-refractivity contribution in [1.29, 1.82) is 0 Å². The first-order valence-electron chi connectivity index (χ1n) is 4.59. The van der Waals surface area contributed by atoms with Gasteiger partial charge < -0.3 is 5.11 Å². The van der Waals surface area contributed by atoms with Gasteiger partial charge in [-0.1, -0.05) is 23.8 Å². The van der Waals surface area contributed by atoms with Gasteiger partial charge in [0.1, 0.15) is 5.75 Å². The van der Waals surface area contributed by atoms with Crippen LogP contribution in [-0.2, 0) is 10.1 Å². The summed E-state index contributed by atoms with van der Waals surface area (Å²) in [5, 5.41) is 10.8. The van der Waals surface area contributed by atoms with E-state index in [-0.39, 0.29) is 10.6 Å². The maximum Gasteiger partial charge on any atom is 0.294 e. The molecular weight excluding hydrogens is 228 g/mol. The topological polar surface area (TPSA) is 74.6 Å². The van der Waals surface area contributed by atoms with E-state index in [2.05, 4.69) is 0 Å². The van der Waals surface area contributed by atoms with Crippen LogP contribution in [0.25, 0.3) is 10.8 Å². The molecule has 2 aromatic carbocycles. The number of phenols is 1. The van der Waals surface area contributed by atoms with Crippen LogP contribution >= 0.6 is 0 Å². The molecule has 5 heteroatoms. The first-order chi connectivity index (χ1) is 7.38. The Balaban J connectivity index is 2.85. The molecule has 0 fully saturated rings. The average Bonchev–Trinajstić information content (AvgIpc) is 2.15. The zero-order chi connectivity index (χ0) is 11.9. The fourth-order valence-corrected chi connectivity index (χ4v) is 2.13. The van der Waals surface area contributed by atoms with Crippen molar-refractivity contribution in [2.24, 2.45) is 0 Å². The molecule has 0 aliphatic carbocycles. The van der Waals surface area contributed by atoms with Crippen molar-refractivity contribution in [2.75, 3.05) is 0 Å². The summed E-state index contributed by atoms with van der Waals surface area (Å²) in [6, 6.07) is 7.62. The van der Waals surface area contributed by atoms with E-state index in [9.17, 15) is 13.5 Å². The van der Waals surface area contributed by atoms with Gasteiger partial charge in [0, 0.05) is 11.5 Å². The highest BCUT2D eigenvalue weighted by Gasteiger charge is 2.12. The van der Waals surface area contributed by atoms with Crippen LogP contribution in [0.5, 0.6) is 5.75 Å². The molecule has 0 saturated carbocycles. The van der Waals surface area contributed by atoms with Crippen molar-refractivity contribution < 1.29 is 18.1 Å². The predicted molar refractivity (Wildman–Crippen MR) is 60.2 cm³/mol. The number of benzene rings is 2. The first kappa shape index (κ1) is 10.9. The quantitative estimate of drug-likeness (QED) is 0.746. The lowest BCUT2D eigenvalue weighted by Gasteiger charge is -2.05. The minimum Gasteiger partial charge on any atom is -0.507 e. The smallest absolute Gasteiger partial charge is 0.294 e. The summed E-state index contributed by atoms with van der Waals surface area (Å²) in [5.41, 5.74) is 0.944. The number of rotatable bonds is 1. The summed E-state index contributed by atoms with van der Waals surface area (Å²) in [7, 11) is -4.29. The Bertz CT molecular complexity index is 659. The number of fused-ring (bicyclic) bond motifs is 1. The van der Waals surface area contributed by atoms with Gasteiger partial charge in [-0.2, -0.15) is 8.42 Å². The van der Waals surface area contributed by atoms with Crippen molar-refractivity contribution in [3.8, 4) is 5.75 Å². The van der Waals surface area contributed by atoms with E-state index in [1.165, 1.54) is 6.07 Å². The minimum absolute atomic E-state index is 0.162. The first-order valence-corrected chi connectivity index (χ1v) is 6.03. The van der Waals surface area contributed by atoms with Crippen LogP contribution in [0.1, 0.15) is 5.56 Å².